The first-order valence-corrected chi connectivity index (χ1v) is 8.00. The van der Waals surface area contributed by atoms with Crippen LogP contribution < -0.4 is 0 Å². The summed E-state index contributed by atoms with van der Waals surface area (Å²) in [4.78, 5) is 14.7. The summed E-state index contributed by atoms with van der Waals surface area (Å²) in [6.45, 7) is 3.99. The van der Waals surface area contributed by atoms with Gasteiger partial charge in [0, 0.05) is 18.9 Å². The minimum atomic E-state index is -1.16. The zero-order chi connectivity index (χ0) is 15.4. The lowest BCUT2D eigenvalue weighted by Gasteiger charge is -2.17. The van der Waals surface area contributed by atoms with Gasteiger partial charge in [-0.3, -0.25) is 9.00 Å². The molecule has 6 heteroatoms. The highest BCUT2D eigenvalue weighted by Gasteiger charge is 2.19. The first kappa shape index (κ1) is 15.4. The van der Waals surface area contributed by atoms with Crippen LogP contribution in [0.3, 0.4) is 0 Å². The van der Waals surface area contributed by atoms with Crippen LogP contribution in [0.1, 0.15) is 28.7 Å². The Morgan fingerprint density at radius 2 is 2.10 bits per heavy atom. The van der Waals surface area contributed by atoms with E-state index >= 15 is 0 Å². The van der Waals surface area contributed by atoms with Crippen molar-refractivity contribution in [1.82, 2.24) is 10.1 Å². The van der Waals surface area contributed by atoms with Gasteiger partial charge in [0.25, 0.3) is 5.91 Å². The van der Waals surface area contributed by atoms with Crippen LogP contribution in [0.4, 0.5) is 0 Å². The summed E-state index contributed by atoms with van der Waals surface area (Å²) in [5.41, 5.74) is 1.16. The third kappa shape index (κ3) is 3.58. The van der Waals surface area contributed by atoms with Crippen molar-refractivity contribution in [2.75, 3.05) is 12.8 Å². The van der Waals surface area contributed by atoms with E-state index in [1.54, 1.807) is 49.2 Å². The molecule has 0 aliphatic carbocycles. The molecular formula is C15H18N2O3S. The molecule has 0 aliphatic heterocycles. The average Bonchev–Trinajstić information content (AvgIpc) is 2.90. The Bertz CT molecular complexity index is 666. The molecule has 0 saturated carbocycles. The number of hydrogen-bond donors (Lipinski definition) is 0. The predicted molar refractivity (Wildman–Crippen MR) is 80.4 cm³/mol. The average molecular weight is 306 g/mol. The molecule has 0 fully saturated rings. The molecule has 0 radical (unpaired) electrons. The number of rotatable bonds is 5. The zero-order valence-corrected chi connectivity index (χ0v) is 13.1. The molecule has 2 aromatic rings. The van der Waals surface area contributed by atoms with E-state index in [0.29, 0.717) is 34.2 Å². The van der Waals surface area contributed by atoms with Crippen LogP contribution in [0.25, 0.3) is 0 Å². The fourth-order valence-electron chi connectivity index (χ4n) is 2.01. The van der Waals surface area contributed by atoms with Gasteiger partial charge in [-0.25, -0.2) is 0 Å². The van der Waals surface area contributed by atoms with Gasteiger partial charge in [0.1, 0.15) is 11.5 Å². The Morgan fingerprint density at radius 3 is 2.71 bits per heavy atom. The maximum Gasteiger partial charge on any atom is 0.255 e. The summed E-state index contributed by atoms with van der Waals surface area (Å²) in [7, 11) is 0.529. The molecule has 1 heterocycles. The highest BCUT2D eigenvalue weighted by Crippen LogP contribution is 2.17. The maximum atomic E-state index is 12.5. The van der Waals surface area contributed by atoms with E-state index in [1.165, 1.54) is 0 Å². The number of nitrogens with zero attached hydrogens (tertiary/aromatic N) is 2. The van der Waals surface area contributed by atoms with Crippen molar-refractivity contribution in [2.24, 2.45) is 0 Å². The molecule has 1 aromatic heterocycles. The van der Waals surface area contributed by atoms with Crippen LogP contribution in [0.5, 0.6) is 0 Å². The molecule has 0 saturated heterocycles. The van der Waals surface area contributed by atoms with Gasteiger partial charge in [0.05, 0.1) is 27.8 Å². The number of carbonyl (C=O) groups is 1. The van der Waals surface area contributed by atoms with Crippen molar-refractivity contribution < 1.29 is 13.5 Å². The Labute approximate surface area is 126 Å². The third-order valence-corrected chi connectivity index (χ3v) is 4.42. The first-order chi connectivity index (χ1) is 10.0. The van der Waals surface area contributed by atoms with Gasteiger partial charge < -0.3 is 9.42 Å². The van der Waals surface area contributed by atoms with Crippen LogP contribution >= 0.6 is 0 Å². The molecule has 21 heavy (non-hydrogen) atoms. The van der Waals surface area contributed by atoms with Crippen molar-refractivity contribution in [1.29, 1.82) is 0 Å². The number of amides is 1. The van der Waals surface area contributed by atoms with E-state index in [0.717, 1.165) is 0 Å². The molecule has 0 bridgehead atoms. The highest BCUT2D eigenvalue weighted by atomic mass is 32.2. The summed E-state index contributed by atoms with van der Waals surface area (Å²) < 4.78 is 17.0. The van der Waals surface area contributed by atoms with E-state index in [4.69, 9.17) is 4.52 Å². The van der Waals surface area contributed by atoms with Gasteiger partial charge in [-0.05, 0) is 19.1 Å². The molecule has 5 nitrogen and oxygen atoms in total. The van der Waals surface area contributed by atoms with E-state index in [1.807, 2.05) is 6.92 Å². The molecule has 0 N–H and O–H groups in total. The quantitative estimate of drug-likeness (QED) is 0.851. The minimum absolute atomic E-state index is 0.173. The van der Waals surface area contributed by atoms with Crippen LogP contribution in [0, 0.1) is 6.92 Å². The molecular weight excluding hydrogens is 288 g/mol. The van der Waals surface area contributed by atoms with E-state index in [9.17, 15) is 9.00 Å². The monoisotopic (exact) mass is 306 g/mol. The Kier molecular flexibility index (Phi) is 4.90. The maximum absolute atomic E-state index is 12.5. The second kappa shape index (κ2) is 6.67. The van der Waals surface area contributed by atoms with Gasteiger partial charge in [-0.15, -0.1) is 0 Å². The van der Waals surface area contributed by atoms with Crippen LogP contribution in [0.2, 0.25) is 0 Å². The minimum Gasteiger partial charge on any atom is -0.361 e. The molecule has 2 rings (SSSR count). The molecule has 112 valence electrons. The van der Waals surface area contributed by atoms with Gasteiger partial charge in [0.15, 0.2) is 0 Å². The summed E-state index contributed by atoms with van der Waals surface area (Å²) in [6.07, 6.45) is 0. The Balaban J connectivity index is 2.21. The first-order valence-electron chi connectivity index (χ1n) is 6.68. The number of carbonyl (C=O) groups excluding carboxylic acids is 1. The second-order valence-corrected chi connectivity index (χ2v) is 6.43. The summed E-state index contributed by atoms with van der Waals surface area (Å²) in [5.74, 6) is 1.02. The zero-order valence-electron chi connectivity index (χ0n) is 12.3. The lowest BCUT2D eigenvalue weighted by molar-refractivity contribution is 0.0778. The van der Waals surface area contributed by atoms with Crippen molar-refractivity contribution in [2.45, 2.75) is 25.3 Å². The number of hydrogen-bond acceptors (Lipinski definition) is 4. The fraction of sp³-hybridized carbons (Fsp3) is 0.333. The normalized spacial score (nSPS) is 12.1. The topological polar surface area (TPSA) is 63.4 Å². The van der Waals surface area contributed by atoms with Crippen LogP contribution in [-0.2, 0) is 17.3 Å². The Morgan fingerprint density at radius 1 is 1.38 bits per heavy atom. The van der Waals surface area contributed by atoms with E-state index in [2.05, 4.69) is 5.16 Å². The van der Waals surface area contributed by atoms with Gasteiger partial charge in [0.2, 0.25) is 0 Å². The molecule has 0 spiro atoms. The van der Waals surface area contributed by atoms with Crippen molar-refractivity contribution in [3.63, 3.8) is 0 Å². The van der Waals surface area contributed by atoms with Crippen molar-refractivity contribution in [3.05, 3.63) is 47.3 Å². The predicted octanol–water partition coefficient (Wildman–Crippen LogP) is 2.38. The van der Waals surface area contributed by atoms with Gasteiger partial charge in [-0.2, -0.15) is 0 Å². The molecule has 0 unspecified atom stereocenters. The van der Waals surface area contributed by atoms with Crippen molar-refractivity contribution in [3.8, 4) is 0 Å². The Hall–Kier alpha value is -1.95. The van der Waals surface area contributed by atoms with Gasteiger partial charge >= 0.3 is 0 Å². The molecule has 0 aliphatic rings. The number of aromatic nitrogens is 1. The summed E-state index contributed by atoms with van der Waals surface area (Å²) in [6, 6.07) is 8.80. The largest absolute Gasteiger partial charge is 0.361 e. The number of aryl methyl sites for hydroxylation is 1. The van der Waals surface area contributed by atoms with E-state index < -0.39 is 10.8 Å². The van der Waals surface area contributed by atoms with Crippen molar-refractivity contribution >= 4 is 16.7 Å². The fourth-order valence-corrected chi connectivity index (χ4v) is 2.95. The lowest BCUT2D eigenvalue weighted by atomic mass is 10.2. The van der Waals surface area contributed by atoms with E-state index in [-0.39, 0.29) is 5.91 Å². The summed E-state index contributed by atoms with van der Waals surface area (Å²) in [5, 5.41) is 3.88. The van der Waals surface area contributed by atoms with Crippen LogP contribution in [0.15, 0.2) is 39.8 Å². The van der Waals surface area contributed by atoms with Gasteiger partial charge in [-0.1, -0.05) is 24.2 Å². The lowest BCUT2D eigenvalue weighted by Crippen LogP contribution is -2.27. The standard InChI is InChI=1S/C15H18N2O3S/c1-4-21(19)14-8-6-5-7-13(14)15(18)17(3)10-12-9-11(2)20-16-12/h5-9H,4,10H2,1-3H3/t21-/m0/s1. The second-order valence-electron chi connectivity index (χ2n) is 4.72. The molecule has 1 amide bonds. The highest BCUT2D eigenvalue weighted by molar-refractivity contribution is 7.85. The number of benzene rings is 1. The van der Waals surface area contributed by atoms with Crippen LogP contribution in [-0.4, -0.2) is 33.0 Å². The SMILES string of the molecule is CC[S@](=O)c1ccccc1C(=O)N(C)Cc1cc(C)on1. The third-order valence-electron chi connectivity index (χ3n) is 3.05. The molecule has 1 aromatic carbocycles. The molecule has 1 atom stereocenters. The summed E-state index contributed by atoms with van der Waals surface area (Å²) >= 11 is 0. The smallest absolute Gasteiger partial charge is 0.255 e.